The van der Waals surface area contributed by atoms with Gasteiger partial charge in [-0.3, -0.25) is 4.79 Å². The molecule has 2 aromatic rings. The molecule has 0 spiro atoms. The number of ether oxygens (including phenoxy) is 1. The molecule has 0 saturated heterocycles. The SMILES string of the molecule is O=C(N[C@H]1CCc2c(C(=O)Nc3ccc(F)c(Cl)c3)ccc(F)c21)OCC(F)(F)F. The summed E-state index contributed by atoms with van der Waals surface area (Å²) < 4.78 is 68.2. The first kappa shape index (κ1) is 21.8. The van der Waals surface area contributed by atoms with Crippen LogP contribution in [-0.4, -0.2) is 24.8 Å². The number of halogens is 6. The van der Waals surface area contributed by atoms with E-state index in [9.17, 15) is 31.5 Å². The van der Waals surface area contributed by atoms with Crippen molar-refractivity contribution in [3.63, 3.8) is 0 Å². The molecule has 2 aromatic carbocycles. The van der Waals surface area contributed by atoms with Crippen molar-refractivity contribution in [2.45, 2.75) is 25.1 Å². The van der Waals surface area contributed by atoms with Gasteiger partial charge in [0.05, 0.1) is 11.1 Å². The third-order valence-corrected chi connectivity index (χ3v) is 4.71. The average Bonchev–Trinajstić information content (AvgIpc) is 3.07. The third-order valence-electron chi connectivity index (χ3n) is 4.42. The summed E-state index contributed by atoms with van der Waals surface area (Å²) in [5, 5.41) is 4.51. The normalized spacial score (nSPS) is 15.5. The number of rotatable bonds is 4. The van der Waals surface area contributed by atoms with Crippen molar-refractivity contribution < 1.29 is 36.3 Å². The summed E-state index contributed by atoms with van der Waals surface area (Å²) >= 11 is 5.68. The summed E-state index contributed by atoms with van der Waals surface area (Å²) in [6.07, 6.45) is -5.67. The maximum Gasteiger partial charge on any atom is 0.422 e. The lowest BCUT2D eigenvalue weighted by molar-refractivity contribution is -0.160. The molecule has 0 fully saturated rings. The average molecular weight is 449 g/mol. The molecule has 1 aliphatic carbocycles. The van der Waals surface area contributed by atoms with Crippen molar-refractivity contribution in [2.24, 2.45) is 0 Å². The van der Waals surface area contributed by atoms with Gasteiger partial charge in [0, 0.05) is 16.8 Å². The molecule has 30 heavy (non-hydrogen) atoms. The largest absolute Gasteiger partial charge is 0.440 e. The monoisotopic (exact) mass is 448 g/mol. The molecule has 160 valence electrons. The second kappa shape index (κ2) is 8.47. The van der Waals surface area contributed by atoms with Gasteiger partial charge in [0.1, 0.15) is 11.6 Å². The Kier molecular flexibility index (Phi) is 6.16. The summed E-state index contributed by atoms with van der Waals surface area (Å²) in [5.41, 5.74) is 0.637. The highest BCUT2D eigenvalue weighted by molar-refractivity contribution is 6.31. The Balaban J connectivity index is 1.77. The van der Waals surface area contributed by atoms with E-state index in [2.05, 4.69) is 15.4 Å². The van der Waals surface area contributed by atoms with Crippen LogP contribution in [0, 0.1) is 11.6 Å². The van der Waals surface area contributed by atoms with Gasteiger partial charge >= 0.3 is 12.3 Å². The Hall–Kier alpha value is -2.88. The van der Waals surface area contributed by atoms with Gasteiger partial charge in [0.25, 0.3) is 5.91 Å². The molecule has 1 atom stereocenters. The van der Waals surface area contributed by atoms with Gasteiger partial charge in [-0.2, -0.15) is 13.2 Å². The van der Waals surface area contributed by atoms with E-state index in [4.69, 9.17) is 11.6 Å². The number of carbonyl (C=O) groups is 2. The summed E-state index contributed by atoms with van der Waals surface area (Å²) in [7, 11) is 0. The molecule has 0 saturated carbocycles. The summed E-state index contributed by atoms with van der Waals surface area (Å²) in [6.45, 7) is -1.77. The number of carbonyl (C=O) groups excluding carboxylic acids is 2. The van der Waals surface area contributed by atoms with Crippen LogP contribution in [0.5, 0.6) is 0 Å². The summed E-state index contributed by atoms with van der Waals surface area (Å²) in [5.74, 6) is -2.00. The minimum Gasteiger partial charge on any atom is -0.440 e. The molecule has 0 unspecified atom stereocenters. The fraction of sp³-hybridized carbons (Fsp3) is 0.263. The molecule has 0 aliphatic heterocycles. The van der Waals surface area contributed by atoms with Crippen LogP contribution < -0.4 is 10.6 Å². The molecule has 0 bridgehead atoms. The maximum absolute atomic E-state index is 14.4. The fourth-order valence-electron chi connectivity index (χ4n) is 3.18. The Bertz CT molecular complexity index is 997. The van der Waals surface area contributed by atoms with Crippen LogP contribution in [0.4, 0.5) is 32.4 Å². The van der Waals surface area contributed by atoms with Crippen LogP contribution in [0.3, 0.4) is 0 Å². The van der Waals surface area contributed by atoms with Crippen molar-refractivity contribution in [1.82, 2.24) is 5.32 Å². The smallest absolute Gasteiger partial charge is 0.422 e. The standard InChI is InChI=1S/C19H14ClF5N2O3/c20-12-7-9(1-4-13(12)21)26-17(28)11-2-5-14(22)16-10(11)3-6-15(16)27-18(29)30-8-19(23,24)25/h1-2,4-5,7,15H,3,6,8H2,(H,26,28)(H,27,29)/t15-/m0/s1. The quantitative estimate of drug-likeness (QED) is 0.636. The van der Waals surface area contributed by atoms with E-state index in [1.165, 1.54) is 18.2 Å². The van der Waals surface area contributed by atoms with Crippen LogP contribution in [0.1, 0.15) is 33.9 Å². The van der Waals surface area contributed by atoms with Crippen molar-refractivity contribution in [2.75, 3.05) is 11.9 Å². The Morgan fingerprint density at radius 1 is 1.13 bits per heavy atom. The lowest BCUT2D eigenvalue weighted by atomic mass is 10.0. The molecule has 0 heterocycles. The highest BCUT2D eigenvalue weighted by Gasteiger charge is 2.33. The van der Waals surface area contributed by atoms with E-state index >= 15 is 0 Å². The van der Waals surface area contributed by atoms with Crippen LogP contribution in [0.15, 0.2) is 30.3 Å². The van der Waals surface area contributed by atoms with E-state index in [1.807, 2.05) is 0 Å². The number of nitrogens with one attached hydrogen (secondary N) is 2. The van der Waals surface area contributed by atoms with Crippen LogP contribution in [-0.2, 0) is 11.2 Å². The van der Waals surface area contributed by atoms with Crippen molar-refractivity contribution in [3.05, 3.63) is 63.7 Å². The predicted molar refractivity (Wildman–Crippen MR) is 97.4 cm³/mol. The van der Waals surface area contributed by atoms with Gasteiger partial charge in [-0.05, 0) is 48.7 Å². The zero-order chi connectivity index (χ0) is 22.1. The van der Waals surface area contributed by atoms with Gasteiger partial charge in [-0.25, -0.2) is 13.6 Å². The zero-order valence-corrected chi connectivity index (χ0v) is 15.8. The van der Waals surface area contributed by atoms with Gasteiger partial charge < -0.3 is 15.4 Å². The molecule has 0 aromatic heterocycles. The first-order valence-corrected chi connectivity index (χ1v) is 9.00. The van der Waals surface area contributed by atoms with E-state index in [0.29, 0.717) is 5.56 Å². The molecule has 2 amide bonds. The zero-order valence-electron chi connectivity index (χ0n) is 15.1. The Morgan fingerprint density at radius 2 is 1.83 bits per heavy atom. The van der Waals surface area contributed by atoms with E-state index in [-0.39, 0.29) is 34.7 Å². The van der Waals surface area contributed by atoms with E-state index in [0.717, 1.165) is 12.1 Å². The Morgan fingerprint density at radius 3 is 2.50 bits per heavy atom. The van der Waals surface area contributed by atoms with Gasteiger partial charge in [0.15, 0.2) is 6.61 Å². The van der Waals surface area contributed by atoms with Crippen molar-refractivity contribution in [3.8, 4) is 0 Å². The maximum atomic E-state index is 14.4. The molecule has 3 rings (SSSR count). The molecule has 1 aliphatic rings. The number of alkyl halides is 3. The number of anilines is 1. The van der Waals surface area contributed by atoms with Crippen molar-refractivity contribution >= 4 is 29.3 Å². The topological polar surface area (TPSA) is 67.4 Å². The van der Waals surface area contributed by atoms with Gasteiger partial charge in [-0.15, -0.1) is 0 Å². The minimum absolute atomic E-state index is 0.00347. The van der Waals surface area contributed by atoms with Gasteiger partial charge in [0.2, 0.25) is 0 Å². The molecule has 5 nitrogen and oxygen atoms in total. The fourth-order valence-corrected chi connectivity index (χ4v) is 3.36. The van der Waals surface area contributed by atoms with Crippen LogP contribution >= 0.6 is 11.6 Å². The third kappa shape index (κ3) is 4.99. The number of fused-ring (bicyclic) bond motifs is 1. The molecule has 11 heteroatoms. The lowest BCUT2D eigenvalue weighted by Gasteiger charge is -2.16. The number of hydrogen-bond acceptors (Lipinski definition) is 3. The first-order valence-electron chi connectivity index (χ1n) is 8.63. The van der Waals surface area contributed by atoms with Crippen LogP contribution in [0.25, 0.3) is 0 Å². The van der Waals surface area contributed by atoms with E-state index < -0.39 is 42.5 Å². The van der Waals surface area contributed by atoms with Crippen LogP contribution in [0.2, 0.25) is 5.02 Å². The molecule has 2 N–H and O–H groups in total. The highest BCUT2D eigenvalue weighted by atomic mass is 35.5. The number of hydrogen-bond donors (Lipinski definition) is 2. The second-order valence-corrected chi connectivity index (χ2v) is 6.90. The first-order chi connectivity index (χ1) is 14.0. The number of benzene rings is 2. The molecular formula is C19H14ClF5N2O3. The number of alkyl carbamates (subject to hydrolysis) is 1. The van der Waals surface area contributed by atoms with Gasteiger partial charge in [-0.1, -0.05) is 11.6 Å². The number of amides is 2. The molecular weight excluding hydrogens is 435 g/mol. The predicted octanol–water partition coefficient (Wildman–Crippen LogP) is 5.15. The van der Waals surface area contributed by atoms with Crippen molar-refractivity contribution in [1.29, 1.82) is 0 Å². The summed E-state index contributed by atoms with van der Waals surface area (Å²) in [4.78, 5) is 24.2. The summed E-state index contributed by atoms with van der Waals surface area (Å²) in [6, 6.07) is 4.89. The minimum atomic E-state index is -4.69. The highest BCUT2D eigenvalue weighted by Crippen LogP contribution is 2.36. The molecule has 0 radical (unpaired) electrons. The van der Waals surface area contributed by atoms with E-state index in [1.54, 1.807) is 0 Å². The second-order valence-electron chi connectivity index (χ2n) is 6.50. The Labute approximate surface area is 172 Å². The lowest BCUT2D eigenvalue weighted by Crippen LogP contribution is -2.31.